The van der Waals surface area contributed by atoms with Crippen molar-refractivity contribution in [2.45, 2.75) is 18.4 Å². The molecule has 0 radical (unpaired) electrons. The van der Waals surface area contributed by atoms with Crippen molar-refractivity contribution >= 4 is 21.5 Å². The number of rotatable bonds is 6. The molecule has 0 saturated heterocycles. The van der Waals surface area contributed by atoms with E-state index in [2.05, 4.69) is 10.3 Å². The van der Waals surface area contributed by atoms with Gasteiger partial charge in [0, 0.05) is 31.8 Å². The van der Waals surface area contributed by atoms with Crippen molar-refractivity contribution in [2.75, 3.05) is 25.3 Å². The highest BCUT2D eigenvalue weighted by Crippen LogP contribution is 2.19. The molecule has 1 N–H and O–H groups in total. The molecule has 0 aliphatic heterocycles. The van der Waals surface area contributed by atoms with Crippen molar-refractivity contribution in [3.05, 3.63) is 36.2 Å². The summed E-state index contributed by atoms with van der Waals surface area (Å²) in [6, 6.07) is 6.60. The second-order valence-corrected chi connectivity index (χ2v) is 6.83. The monoisotopic (exact) mass is 309 g/mol. The lowest BCUT2D eigenvalue weighted by atomic mass is 10.3. The summed E-state index contributed by atoms with van der Waals surface area (Å²) in [5.41, 5.74) is 1.69. The van der Waals surface area contributed by atoms with E-state index in [1.54, 1.807) is 31.4 Å². The third-order valence-electron chi connectivity index (χ3n) is 2.97. The van der Waals surface area contributed by atoms with Gasteiger partial charge in [-0.15, -0.1) is 0 Å². The van der Waals surface area contributed by atoms with Crippen LogP contribution in [0.4, 0.5) is 11.6 Å². The Balaban J connectivity index is 2.18. The molecule has 0 bridgehead atoms. The molecule has 0 atom stereocenters. The number of benzene rings is 1. The molecule has 2 aromatic rings. The van der Waals surface area contributed by atoms with Gasteiger partial charge >= 0.3 is 0 Å². The van der Waals surface area contributed by atoms with Gasteiger partial charge in [-0.05, 0) is 31.2 Å². The average Bonchev–Trinajstić information content (AvgIpc) is 2.76. The van der Waals surface area contributed by atoms with Crippen LogP contribution in [-0.4, -0.2) is 37.9 Å². The van der Waals surface area contributed by atoms with Gasteiger partial charge in [0.2, 0.25) is 5.95 Å². The molecule has 6 nitrogen and oxygen atoms in total. The summed E-state index contributed by atoms with van der Waals surface area (Å²) in [5.74, 6) is 0.705. The fourth-order valence-corrected chi connectivity index (χ4v) is 2.55. The van der Waals surface area contributed by atoms with Crippen LogP contribution in [0.15, 0.2) is 35.4 Å². The third-order valence-corrected chi connectivity index (χ3v) is 4.10. The predicted molar refractivity (Wildman–Crippen MR) is 81.7 cm³/mol. The van der Waals surface area contributed by atoms with Gasteiger partial charge in [-0.3, -0.25) is 0 Å². The Morgan fingerprint density at radius 2 is 1.95 bits per heavy atom. The molecule has 0 amide bonds. The van der Waals surface area contributed by atoms with Crippen LogP contribution in [0, 0.1) is 6.92 Å². The molecule has 1 heterocycles. The minimum atomic E-state index is -3.17. The zero-order chi connectivity index (χ0) is 15.5. The molecule has 1 aromatic carbocycles. The number of aryl methyl sites for hydroxylation is 1. The topological polar surface area (TPSA) is 73.2 Å². The Morgan fingerprint density at radius 3 is 2.52 bits per heavy atom. The van der Waals surface area contributed by atoms with E-state index in [4.69, 9.17) is 4.74 Å². The van der Waals surface area contributed by atoms with Crippen LogP contribution in [0.2, 0.25) is 0 Å². The molecule has 7 heteroatoms. The summed E-state index contributed by atoms with van der Waals surface area (Å²) in [6.45, 7) is 3.21. The van der Waals surface area contributed by atoms with Crippen LogP contribution < -0.4 is 5.32 Å². The van der Waals surface area contributed by atoms with Crippen LogP contribution in [0.25, 0.3) is 0 Å². The van der Waals surface area contributed by atoms with Crippen molar-refractivity contribution in [1.29, 1.82) is 0 Å². The maximum Gasteiger partial charge on any atom is 0.207 e. The number of aromatic nitrogens is 2. The highest BCUT2D eigenvalue weighted by molar-refractivity contribution is 7.90. The van der Waals surface area contributed by atoms with Gasteiger partial charge in [0.15, 0.2) is 9.84 Å². The zero-order valence-electron chi connectivity index (χ0n) is 12.3. The van der Waals surface area contributed by atoms with Crippen LogP contribution in [-0.2, 0) is 21.1 Å². The molecule has 0 aliphatic carbocycles. The number of nitrogens with zero attached hydrogens (tertiary/aromatic N) is 2. The summed E-state index contributed by atoms with van der Waals surface area (Å²) in [6.07, 6.45) is 3.13. The first kappa shape index (κ1) is 15.5. The van der Waals surface area contributed by atoms with Crippen molar-refractivity contribution in [1.82, 2.24) is 9.55 Å². The second-order valence-electron chi connectivity index (χ2n) is 4.81. The van der Waals surface area contributed by atoms with E-state index in [0.29, 0.717) is 24.0 Å². The van der Waals surface area contributed by atoms with Crippen molar-refractivity contribution < 1.29 is 13.2 Å². The lowest BCUT2D eigenvalue weighted by Crippen LogP contribution is -2.07. The standard InChI is InChI=1S/C14H19N3O3S/c1-11-10-17(8-9-20-2)14(15-11)16-12-4-6-13(7-5-12)21(3,18)19/h4-7,10H,8-9H2,1-3H3,(H,15,16). The Morgan fingerprint density at radius 1 is 1.29 bits per heavy atom. The van der Waals surface area contributed by atoms with Gasteiger partial charge in [0.25, 0.3) is 0 Å². The maximum atomic E-state index is 11.4. The fourth-order valence-electron chi connectivity index (χ4n) is 1.92. The summed E-state index contributed by atoms with van der Waals surface area (Å²) in [7, 11) is -1.52. The molecule has 1 aromatic heterocycles. The molecule has 0 saturated carbocycles. The van der Waals surface area contributed by atoms with E-state index < -0.39 is 9.84 Å². The summed E-state index contributed by atoms with van der Waals surface area (Å²) < 4.78 is 29.9. The van der Waals surface area contributed by atoms with Gasteiger partial charge in [0.05, 0.1) is 17.2 Å². The highest BCUT2D eigenvalue weighted by atomic mass is 32.2. The molecule has 0 spiro atoms. The molecule has 0 fully saturated rings. The third kappa shape index (κ3) is 4.05. The SMILES string of the molecule is COCCn1cc(C)nc1Nc1ccc(S(C)(=O)=O)cc1. The van der Waals surface area contributed by atoms with Crippen molar-refractivity contribution in [3.8, 4) is 0 Å². The summed E-state index contributed by atoms with van der Waals surface area (Å²) >= 11 is 0. The van der Waals surface area contributed by atoms with E-state index in [0.717, 1.165) is 11.4 Å². The molecule has 0 unspecified atom stereocenters. The van der Waals surface area contributed by atoms with Crippen LogP contribution in [0.3, 0.4) is 0 Å². The van der Waals surface area contributed by atoms with Gasteiger partial charge in [-0.2, -0.15) is 0 Å². The number of anilines is 2. The normalized spacial score (nSPS) is 11.6. The van der Waals surface area contributed by atoms with E-state index in [-0.39, 0.29) is 0 Å². The van der Waals surface area contributed by atoms with E-state index >= 15 is 0 Å². The maximum absolute atomic E-state index is 11.4. The zero-order valence-corrected chi connectivity index (χ0v) is 13.1. The first-order valence-electron chi connectivity index (χ1n) is 6.50. The number of methoxy groups -OCH3 is 1. The number of hydrogen-bond acceptors (Lipinski definition) is 5. The number of sulfone groups is 1. The number of ether oxygens (including phenoxy) is 1. The second kappa shape index (κ2) is 6.28. The Kier molecular flexibility index (Phi) is 4.64. The van der Waals surface area contributed by atoms with Crippen molar-refractivity contribution in [2.24, 2.45) is 0 Å². The largest absolute Gasteiger partial charge is 0.383 e. The van der Waals surface area contributed by atoms with Crippen LogP contribution >= 0.6 is 0 Å². The van der Waals surface area contributed by atoms with Crippen LogP contribution in [0.1, 0.15) is 5.69 Å². The molecular formula is C14H19N3O3S. The average molecular weight is 309 g/mol. The molecule has 0 aliphatic rings. The van der Waals surface area contributed by atoms with Gasteiger partial charge < -0.3 is 14.6 Å². The van der Waals surface area contributed by atoms with Gasteiger partial charge in [0.1, 0.15) is 0 Å². The van der Waals surface area contributed by atoms with Crippen molar-refractivity contribution in [3.63, 3.8) is 0 Å². The van der Waals surface area contributed by atoms with E-state index in [1.165, 1.54) is 6.26 Å². The quantitative estimate of drug-likeness (QED) is 0.883. The summed E-state index contributed by atoms with van der Waals surface area (Å²) in [4.78, 5) is 4.71. The van der Waals surface area contributed by atoms with Gasteiger partial charge in [-0.1, -0.05) is 0 Å². The number of hydrogen-bond donors (Lipinski definition) is 1. The predicted octanol–water partition coefficient (Wildman–Crippen LogP) is 1.99. The molecule has 21 heavy (non-hydrogen) atoms. The molecule has 2 rings (SSSR count). The first-order valence-corrected chi connectivity index (χ1v) is 8.39. The Hall–Kier alpha value is -1.86. The van der Waals surface area contributed by atoms with Gasteiger partial charge in [-0.25, -0.2) is 13.4 Å². The van der Waals surface area contributed by atoms with Crippen LogP contribution in [0.5, 0.6) is 0 Å². The first-order chi connectivity index (χ1) is 9.90. The fraction of sp³-hybridized carbons (Fsp3) is 0.357. The van der Waals surface area contributed by atoms with E-state index in [9.17, 15) is 8.42 Å². The minimum absolute atomic E-state index is 0.298. The Bertz CT molecular complexity index is 706. The highest BCUT2D eigenvalue weighted by Gasteiger charge is 2.08. The van der Waals surface area contributed by atoms with E-state index in [1.807, 2.05) is 17.7 Å². The Labute approximate surface area is 124 Å². The number of imidazole rings is 1. The minimum Gasteiger partial charge on any atom is -0.383 e. The summed E-state index contributed by atoms with van der Waals surface area (Å²) in [5, 5.41) is 3.18. The lowest BCUT2D eigenvalue weighted by Gasteiger charge is -2.09. The lowest BCUT2D eigenvalue weighted by molar-refractivity contribution is 0.188. The molecule has 114 valence electrons. The number of nitrogens with one attached hydrogen (secondary N) is 1. The smallest absolute Gasteiger partial charge is 0.207 e. The molecular weight excluding hydrogens is 290 g/mol.